The first-order valence-corrected chi connectivity index (χ1v) is 10.2. The Kier molecular flexibility index (Phi) is 3.71. The molecule has 1 saturated heterocycles. The molecular weight excluding hydrogens is 409 g/mol. The van der Waals surface area contributed by atoms with Crippen molar-refractivity contribution >= 4 is 17.5 Å². The Hall–Kier alpha value is -3.00. The van der Waals surface area contributed by atoms with Crippen LogP contribution in [0.5, 0.6) is 5.88 Å². The number of nitrogens with zero attached hydrogens (tertiary/aromatic N) is 5. The van der Waals surface area contributed by atoms with Crippen LogP contribution in [0.4, 0.5) is 4.39 Å². The number of pyridine rings is 1. The van der Waals surface area contributed by atoms with Gasteiger partial charge in [-0.25, -0.2) is 9.37 Å². The molecule has 9 heteroatoms. The lowest BCUT2D eigenvalue weighted by Gasteiger charge is -2.47. The Morgan fingerprint density at radius 2 is 2.03 bits per heavy atom. The van der Waals surface area contributed by atoms with Crippen molar-refractivity contribution in [2.75, 3.05) is 6.54 Å². The Morgan fingerprint density at radius 3 is 2.80 bits per heavy atom. The maximum atomic E-state index is 14.6. The van der Waals surface area contributed by atoms with Crippen molar-refractivity contribution in [3.05, 3.63) is 65.3 Å². The third-order valence-electron chi connectivity index (χ3n) is 6.62. The summed E-state index contributed by atoms with van der Waals surface area (Å²) in [6.45, 7) is 0.653. The van der Waals surface area contributed by atoms with Crippen LogP contribution in [0.1, 0.15) is 23.2 Å². The number of likely N-dealkylation sites (tertiary alicyclic amines) is 1. The van der Waals surface area contributed by atoms with Crippen LogP contribution in [-0.4, -0.2) is 49.5 Å². The first-order valence-electron chi connectivity index (χ1n) is 9.81. The molecule has 4 atom stereocenters. The number of hydrogen-bond donors (Lipinski definition) is 0. The highest BCUT2D eigenvalue weighted by molar-refractivity contribution is 6.30. The number of carbonyl (C=O) groups is 1. The van der Waals surface area contributed by atoms with Crippen molar-refractivity contribution in [3.8, 4) is 11.6 Å². The lowest BCUT2D eigenvalue weighted by molar-refractivity contribution is -0.0345. The molecule has 3 fully saturated rings. The molecule has 2 saturated carbocycles. The zero-order valence-corrected chi connectivity index (χ0v) is 16.5. The number of para-hydroxylation sites is 1. The van der Waals surface area contributed by atoms with Crippen molar-refractivity contribution in [1.29, 1.82) is 0 Å². The minimum Gasteiger partial charge on any atom is -0.472 e. The number of amides is 1. The topological polar surface area (TPSA) is 73.1 Å². The molecule has 0 bridgehead atoms. The number of piperidine rings is 1. The number of aromatic nitrogens is 4. The van der Waals surface area contributed by atoms with Gasteiger partial charge in [0.25, 0.3) is 5.91 Å². The number of carbonyl (C=O) groups excluding carboxylic acids is 1. The van der Waals surface area contributed by atoms with E-state index in [-0.39, 0.29) is 34.7 Å². The number of rotatable bonds is 4. The maximum Gasteiger partial charge on any atom is 0.256 e. The van der Waals surface area contributed by atoms with Crippen LogP contribution in [0.15, 0.2) is 48.9 Å². The van der Waals surface area contributed by atoms with E-state index in [1.54, 1.807) is 24.4 Å². The van der Waals surface area contributed by atoms with Crippen molar-refractivity contribution < 1.29 is 13.9 Å². The van der Waals surface area contributed by atoms with E-state index in [9.17, 15) is 9.18 Å². The second-order valence-corrected chi connectivity index (χ2v) is 8.60. The summed E-state index contributed by atoms with van der Waals surface area (Å²) in [6.07, 6.45) is 6.30. The molecule has 3 aliphatic rings. The molecule has 7 nitrogen and oxygen atoms in total. The fourth-order valence-electron chi connectivity index (χ4n) is 5.22. The van der Waals surface area contributed by atoms with Crippen LogP contribution in [0.3, 0.4) is 0 Å². The van der Waals surface area contributed by atoms with E-state index >= 15 is 0 Å². The van der Waals surface area contributed by atoms with Gasteiger partial charge in [0.2, 0.25) is 5.88 Å². The second-order valence-electron chi connectivity index (χ2n) is 8.17. The van der Waals surface area contributed by atoms with Gasteiger partial charge in [0.1, 0.15) is 11.8 Å². The Balaban J connectivity index is 1.31. The predicted molar refractivity (Wildman–Crippen MR) is 105 cm³/mol. The van der Waals surface area contributed by atoms with E-state index in [2.05, 4.69) is 15.2 Å². The number of ether oxygens (including phenoxy) is 1. The minimum atomic E-state index is -0.539. The van der Waals surface area contributed by atoms with E-state index in [0.717, 1.165) is 17.6 Å². The first kappa shape index (κ1) is 17.8. The summed E-state index contributed by atoms with van der Waals surface area (Å²) in [4.78, 5) is 20.7. The first-order chi connectivity index (χ1) is 14.6. The van der Waals surface area contributed by atoms with Crippen LogP contribution in [0.2, 0.25) is 5.02 Å². The van der Waals surface area contributed by atoms with E-state index in [0.29, 0.717) is 23.4 Å². The molecule has 0 radical (unpaired) electrons. The predicted octanol–water partition coefficient (Wildman–Crippen LogP) is 3.14. The fraction of sp³-hybridized carbons (Fsp3) is 0.333. The third-order valence-corrected chi connectivity index (χ3v) is 6.85. The Bertz CT molecular complexity index is 1140. The normalized spacial score (nSPS) is 28.5. The average Bonchev–Trinajstić information content (AvgIpc) is 3.09. The molecule has 3 aromatic rings. The molecule has 3 heterocycles. The summed E-state index contributed by atoms with van der Waals surface area (Å²) < 4.78 is 20.7. The molecule has 2 aliphatic carbocycles. The van der Waals surface area contributed by atoms with Gasteiger partial charge in [-0.05, 0) is 37.0 Å². The number of halogens is 2. The summed E-state index contributed by atoms with van der Waals surface area (Å²) >= 11 is 5.90. The van der Waals surface area contributed by atoms with E-state index in [1.165, 1.54) is 24.5 Å². The van der Waals surface area contributed by atoms with Crippen molar-refractivity contribution in [2.45, 2.75) is 25.0 Å². The van der Waals surface area contributed by atoms with Gasteiger partial charge in [0.05, 0.1) is 29.0 Å². The van der Waals surface area contributed by atoms with Gasteiger partial charge in [0, 0.05) is 24.2 Å². The smallest absolute Gasteiger partial charge is 0.256 e. The lowest BCUT2D eigenvalue weighted by Crippen LogP contribution is -2.59. The van der Waals surface area contributed by atoms with Crippen LogP contribution < -0.4 is 4.74 Å². The van der Waals surface area contributed by atoms with Gasteiger partial charge in [0.15, 0.2) is 5.82 Å². The number of benzene rings is 1. The van der Waals surface area contributed by atoms with Gasteiger partial charge >= 0.3 is 0 Å². The van der Waals surface area contributed by atoms with Crippen LogP contribution in [0.25, 0.3) is 5.69 Å². The highest BCUT2D eigenvalue weighted by Crippen LogP contribution is 2.71. The van der Waals surface area contributed by atoms with E-state index in [4.69, 9.17) is 16.3 Å². The highest BCUT2D eigenvalue weighted by atomic mass is 35.5. The molecule has 30 heavy (non-hydrogen) atoms. The van der Waals surface area contributed by atoms with Gasteiger partial charge in [-0.1, -0.05) is 17.7 Å². The van der Waals surface area contributed by atoms with E-state index in [1.807, 2.05) is 4.90 Å². The largest absolute Gasteiger partial charge is 0.472 e. The Morgan fingerprint density at radius 1 is 1.20 bits per heavy atom. The zero-order valence-electron chi connectivity index (χ0n) is 15.8. The molecule has 0 N–H and O–H groups in total. The van der Waals surface area contributed by atoms with Gasteiger partial charge < -0.3 is 9.64 Å². The molecule has 6 rings (SSSR count). The number of hydrogen-bond acceptors (Lipinski definition) is 5. The standard InChI is InChI=1S/C21H17ClFN5O2/c22-13-4-5-17(24-10-13)30-16-9-21-8-12(21)11-27(19(16)21)20(29)14-2-1-3-15(23)18(14)28-25-6-7-26-28/h1-7,10,12,16,19H,8-9,11H2. The highest BCUT2D eigenvalue weighted by Gasteiger charge is 2.76. The summed E-state index contributed by atoms with van der Waals surface area (Å²) in [5.41, 5.74) is 0.445. The van der Waals surface area contributed by atoms with Gasteiger partial charge in [-0.2, -0.15) is 10.2 Å². The van der Waals surface area contributed by atoms with Crippen molar-refractivity contribution in [3.63, 3.8) is 0 Å². The summed E-state index contributed by atoms with van der Waals surface area (Å²) in [5, 5.41) is 8.57. The molecular formula is C21H17ClFN5O2. The van der Waals surface area contributed by atoms with Crippen molar-refractivity contribution in [2.24, 2.45) is 11.3 Å². The molecule has 2 aromatic heterocycles. The quantitative estimate of drug-likeness (QED) is 0.642. The van der Waals surface area contributed by atoms with Gasteiger partial charge in [-0.3, -0.25) is 4.79 Å². The SMILES string of the molecule is O=C(c1cccc(F)c1-n1nccn1)N1CC2CC23CC(Oc2ccc(Cl)cn2)C13. The summed E-state index contributed by atoms with van der Waals surface area (Å²) in [7, 11) is 0. The molecule has 4 unspecified atom stereocenters. The summed E-state index contributed by atoms with van der Waals surface area (Å²) in [6, 6.07) is 7.87. The van der Waals surface area contributed by atoms with Crippen LogP contribution >= 0.6 is 11.6 Å². The Labute approximate surface area is 176 Å². The molecule has 1 aliphatic heterocycles. The maximum absolute atomic E-state index is 14.6. The lowest BCUT2D eigenvalue weighted by atomic mass is 9.73. The third kappa shape index (κ3) is 2.49. The molecule has 1 spiro atoms. The minimum absolute atomic E-state index is 0.0471. The fourth-order valence-corrected chi connectivity index (χ4v) is 5.33. The molecule has 1 aromatic carbocycles. The van der Waals surface area contributed by atoms with Crippen LogP contribution in [-0.2, 0) is 0 Å². The summed E-state index contributed by atoms with van der Waals surface area (Å²) in [5.74, 6) is 0.200. The van der Waals surface area contributed by atoms with Crippen LogP contribution in [0, 0.1) is 17.2 Å². The van der Waals surface area contributed by atoms with E-state index < -0.39 is 5.82 Å². The zero-order chi connectivity index (χ0) is 20.5. The average molecular weight is 426 g/mol. The van der Waals surface area contributed by atoms with Gasteiger partial charge in [-0.15, -0.1) is 4.80 Å². The monoisotopic (exact) mass is 425 g/mol. The second kappa shape index (κ2) is 6.25. The molecule has 152 valence electrons. The van der Waals surface area contributed by atoms with Crippen molar-refractivity contribution in [1.82, 2.24) is 24.9 Å². The molecule has 1 amide bonds.